The maximum Gasteiger partial charge on any atom is 0.224 e. The van der Waals surface area contributed by atoms with Crippen molar-refractivity contribution in [2.45, 2.75) is 39.2 Å². The predicted molar refractivity (Wildman–Crippen MR) is 104 cm³/mol. The third-order valence-electron chi connectivity index (χ3n) is 5.58. The number of nitrogens with one attached hydrogen (secondary N) is 1. The highest BCUT2D eigenvalue weighted by Gasteiger charge is 2.32. The molecule has 140 valence electrons. The maximum absolute atomic E-state index is 12.5. The van der Waals surface area contributed by atoms with Gasteiger partial charge in [0.2, 0.25) is 5.91 Å². The second-order valence-corrected chi connectivity index (χ2v) is 7.67. The molecule has 5 heteroatoms. The summed E-state index contributed by atoms with van der Waals surface area (Å²) in [5, 5.41) is 3.18. The van der Waals surface area contributed by atoms with Gasteiger partial charge in [-0.25, -0.2) is 4.98 Å². The highest BCUT2D eigenvalue weighted by molar-refractivity contribution is 5.79. The molecule has 0 saturated carbocycles. The molecule has 0 unspecified atom stereocenters. The summed E-state index contributed by atoms with van der Waals surface area (Å²) in [4.78, 5) is 19.2. The van der Waals surface area contributed by atoms with Gasteiger partial charge < -0.3 is 9.88 Å². The van der Waals surface area contributed by atoms with E-state index in [1.165, 1.54) is 23.2 Å². The number of likely N-dealkylation sites (tertiary alicyclic amines) is 1. The van der Waals surface area contributed by atoms with Crippen LogP contribution < -0.4 is 5.32 Å². The minimum absolute atomic E-state index is 0.107. The van der Waals surface area contributed by atoms with Crippen molar-refractivity contribution in [1.82, 2.24) is 19.8 Å². The first-order valence-electron chi connectivity index (χ1n) is 9.45. The van der Waals surface area contributed by atoms with Crippen LogP contribution in [-0.4, -0.2) is 40.5 Å². The van der Waals surface area contributed by atoms with E-state index in [2.05, 4.69) is 58.9 Å². The fraction of sp³-hybridized carbons (Fsp3) is 0.524. The summed E-state index contributed by atoms with van der Waals surface area (Å²) in [6.07, 6.45) is 6.56. The molecule has 2 atom stereocenters. The highest BCUT2D eigenvalue weighted by atomic mass is 16.1. The van der Waals surface area contributed by atoms with E-state index in [-0.39, 0.29) is 5.91 Å². The van der Waals surface area contributed by atoms with Crippen LogP contribution in [0.2, 0.25) is 0 Å². The number of rotatable bonds is 5. The van der Waals surface area contributed by atoms with Gasteiger partial charge >= 0.3 is 0 Å². The van der Waals surface area contributed by atoms with Gasteiger partial charge in [0.1, 0.15) is 0 Å². The number of benzene rings is 1. The number of carbonyl (C=O) groups excluding carboxylic acids is 1. The molecule has 1 saturated heterocycles. The molecule has 1 aromatic heterocycles. The zero-order valence-corrected chi connectivity index (χ0v) is 16.3. The van der Waals surface area contributed by atoms with Crippen LogP contribution in [0.25, 0.3) is 0 Å². The second kappa shape index (κ2) is 8.04. The summed E-state index contributed by atoms with van der Waals surface area (Å²) in [6.45, 7) is 5.93. The number of carbonyl (C=O) groups is 1. The minimum Gasteiger partial charge on any atom is -0.355 e. The normalized spacial score (nSPS) is 20.9. The lowest BCUT2D eigenvalue weighted by molar-refractivity contribution is -0.120. The fourth-order valence-corrected chi connectivity index (χ4v) is 4.06. The topological polar surface area (TPSA) is 50.2 Å². The van der Waals surface area contributed by atoms with E-state index in [1.807, 2.05) is 19.6 Å². The van der Waals surface area contributed by atoms with Crippen molar-refractivity contribution in [2.24, 2.45) is 13.0 Å². The summed E-state index contributed by atoms with van der Waals surface area (Å²) in [7, 11) is 4.21. The van der Waals surface area contributed by atoms with E-state index in [0.717, 1.165) is 18.5 Å². The zero-order valence-electron chi connectivity index (χ0n) is 16.3. The molecule has 0 radical (unpaired) electrons. The van der Waals surface area contributed by atoms with Crippen LogP contribution in [0.1, 0.15) is 41.3 Å². The Morgan fingerprint density at radius 3 is 2.85 bits per heavy atom. The van der Waals surface area contributed by atoms with E-state index in [0.29, 0.717) is 24.9 Å². The Morgan fingerprint density at radius 2 is 2.12 bits per heavy atom. The largest absolute Gasteiger partial charge is 0.355 e. The zero-order chi connectivity index (χ0) is 18.7. The molecule has 0 aliphatic carbocycles. The molecule has 1 amide bonds. The summed E-state index contributed by atoms with van der Waals surface area (Å²) < 4.78 is 2.09. The van der Waals surface area contributed by atoms with Crippen molar-refractivity contribution in [2.75, 3.05) is 20.1 Å². The molecule has 2 heterocycles. The molecule has 26 heavy (non-hydrogen) atoms. The third-order valence-corrected chi connectivity index (χ3v) is 5.58. The van der Waals surface area contributed by atoms with Crippen molar-refractivity contribution in [1.29, 1.82) is 0 Å². The van der Waals surface area contributed by atoms with E-state index >= 15 is 0 Å². The van der Waals surface area contributed by atoms with Gasteiger partial charge in [-0.2, -0.15) is 0 Å². The molecule has 0 spiro atoms. The first-order valence-corrected chi connectivity index (χ1v) is 9.45. The maximum atomic E-state index is 12.5. The Balaban J connectivity index is 1.64. The number of hydrogen-bond acceptors (Lipinski definition) is 3. The number of imidazole rings is 1. The van der Waals surface area contributed by atoms with Crippen LogP contribution in [0.15, 0.2) is 30.7 Å². The van der Waals surface area contributed by atoms with Crippen LogP contribution in [0, 0.1) is 19.8 Å². The lowest BCUT2D eigenvalue weighted by Gasteiger charge is -2.39. The number of aryl methyl sites for hydroxylation is 3. The molecule has 1 fully saturated rings. The molecule has 1 aliphatic rings. The summed E-state index contributed by atoms with van der Waals surface area (Å²) in [6, 6.07) is 6.60. The summed E-state index contributed by atoms with van der Waals surface area (Å²) in [5.74, 6) is 0.516. The smallest absolute Gasteiger partial charge is 0.224 e. The molecule has 0 bridgehead atoms. The number of hydrogen-bond donors (Lipinski definition) is 1. The first-order chi connectivity index (χ1) is 12.5. The van der Waals surface area contributed by atoms with Gasteiger partial charge in [0.15, 0.2) is 0 Å². The predicted octanol–water partition coefficient (Wildman–Crippen LogP) is 2.78. The molecular weight excluding hydrogens is 324 g/mol. The van der Waals surface area contributed by atoms with Crippen molar-refractivity contribution in [3.8, 4) is 0 Å². The quantitative estimate of drug-likeness (QED) is 0.898. The summed E-state index contributed by atoms with van der Waals surface area (Å²) >= 11 is 0. The third kappa shape index (κ3) is 4.15. The Hall–Kier alpha value is -2.14. The lowest BCUT2D eigenvalue weighted by atomic mass is 9.87. The molecule has 1 N–H and O–H groups in total. The second-order valence-electron chi connectivity index (χ2n) is 7.67. The Morgan fingerprint density at radius 1 is 1.31 bits per heavy atom. The van der Waals surface area contributed by atoms with Crippen molar-refractivity contribution in [3.05, 3.63) is 53.1 Å². The number of piperidine rings is 1. The van der Waals surface area contributed by atoms with Gasteiger partial charge in [-0.1, -0.05) is 23.8 Å². The van der Waals surface area contributed by atoms with Crippen LogP contribution in [0.4, 0.5) is 0 Å². The van der Waals surface area contributed by atoms with Crippen molar-refractivity contribution >= 4 is 5.91 Å². The van der Waals surface area contributed by atoms with E-state index in [4.69, 9.17) is 0 Å². The number of amides is 1. The highest BCUT2D eigenvalue weighted by Crippen LogP contribution is 2.34. The van der Waals surface area contributed by atoms with Crippen LogP contribution in [0.5, 0.6) is 0 Å². The van der Waals surface area contributed by atoms with Crippen LogP contribution in [0.3, 0.4) is 0 Å². The van der Waals surface area contributed by atoms with Gasteiger partial charge in [-0.05, 0) is 57.3 Å². The summed E-state index contributed by atoms with van der Waals surface area (Å²) in [5.41, 5.74) is 4.71. The Labute approximate surface area is 156 Å². The Bertz CT molecular complexity index is 767. The average Bonchev–Trinajstić information content (AvgIpc) is 3.02. The van der Waals surface area contributed by atoms with Crippen molar-refractivity contribution < 1.29 is 4.79 Å². The number of aromatic nitrogens is 2. The molecular formula is C21H30N4O. The van der Waals surface area contributed by atoms with Gasteiger partial charge in [0.25, 0.3) is 0 Å². The SMILES string of the molecule is Cc1ccc(C)c(CC(=O)NC[C@@H]2CCCN(C)[C@H]2c2cncn2C)c1. The van der Waals surface area contributed by atoms with E-state index in [9.17, 15) is 4.79 Å². The monoisotopic (exact) mass is 354 g/mol. The number of nitrogens with zero attached hydrogens (tertiary/aromatic N) is 3. The average molecular weight is 354 g/mol. The lowest BCUT2D eigenvalue weighted by Crippen LogP contribution is -2.42. The van der Waals surface area contributed by atoms with Gasteiger partial charge in [-0.3, -0.25) is 9.69 Å². The molecule has 1 aliphatic heterocycles. The minimum atomic E-state index is 0.107. The Kier molecular flexibility index (Phi) is 5.77. The standard InChI is InChI=1S/C21H30N4O/c1-15-7-8-16(2)18(10-15)11-20(26)23-12-17-6-5-9-24(3)21(17)19-13-22-14-25(19)4/h7-8,10,13-14,17,21H,5-6,9,11-12H2,1-4H3,(H,23,26)/t17-,21+/m0/s1. The molecule has 1 aromatic carbocycles. The van der Waals surface area contributed by atoms with Gasteiger partial charge in [0.05, 0.1) is 24.5 Å². The van der Waals surface area contributed by atoms with Crippen LogP contribution in [-0.2, 0) is 18.3 Å². The molecule has 2 aromatic rings. The molecule has 3 rings (SSSR count). The molecule has 5 nitrogen and oxygen atoms in total. The van der Waals surface area contributed by atoms with Crippen molar-refractivity contribution in [3.63, 3.8) is 0 Å². The van der Waals surface area contributed by atoms with Gasteiger partial charge in [0, 0.05) is 19.8 Å². The van der Waals surface area contributed by atoms with E-state index < -0.39 is 0 Å². The van der Waals surface area contributed by atoms with Gasteiger partial charge in [-0.15, -0.1) is 0 Å². The first kappa shape index (κ1) is 18.6. The fourth-order valence-electron chi connectivity index (χ4n) is 4.06. The van der Waals surface area contributed by atoms with Crippen LogP contribution >= 0.6 is 0 Å². The van der Waals surface area contributed by atoms with E-state index in [1.54, 1.807) is 0 Å².